The number of thioether (sulfide) groups is 1. The van der Waals surface area contributed by atoms with Gasteiger partial charge in [-0.2, -0.15) is 10.5 Å². The van der Waals surface area contributed by atoms with Crippen LogP contribution in [0, 0.1) is 22.7 Å². The van der Waals surface area contributed by atoms with Crippen LogP contribution in [0.4, 0.5) is 15.4 Å². The van der Waals surface area contributed by atoms with Crippen molar-refractivity contribution in [2.75, 3.05) is 31.2 Å². The van der Waals surface area contributed by atoms with E-state index < -0.39 is 12.2 Å². The van der Waals surface area contributed by atoms with Gasteiger partial charge in [-0.25, -0.2) is 14.6 Å². The van der Waals surface area contributed by atoms with Gasteiger partial charge in [0.2, 0.25) is 0 Å². The number of nitrogens with one attached hydrogen (secondary N) is 1. The molecule has 1 aromatic heterocycles. The zero-order valence-electron chi connectivity index (χ0n) is 17.5. The molecule has 0 bridgehead atoms. The van der Waals surface area contributed by atoms with E-state index in [4.69, 9.17) is 19.9 Å². The molecule has 10 nitrogen and oxygen atoms in total. The van der Waals surface area contributed by atoms with Gasteiger partial charge in [0.25, 0.3) is 0 Å². The van der Waals surface area contributed by atoms with Gasteiger partial charge < -0.3 is 25.3 Å². The van der Waals surface area contributed by atoms with Gasteiger partial charge in [-0.15, -0.1) is 11.8 Å². The molecule has 0 fully saturated rings. The van der Waals surface area contributed by atoms with Crippen LogP contribution in [0.2, 0.25) is 0 Å². The van der Waals surface area contributed by atoms with Crippen molar-refractivity contribution < 1.29 is 23.8 Å². The van der Waals surface area contributed by atoms with E-state index in [0.29, 0.717) is 21.9 Å². The number of nitriles is 2. The molecular formula is C21H21N5O5S. The van der Waals surface area contributed by atoms with Crippen molar-refractivity contribution in [3.63, 3.8) is 0 Å². The quantitative estimate of drug-likeness (QED) is 0.261. The van der Waals surface area contributed by atoms with Gasteiger partial charge in [0.05, 0.1) is 18.8 Å². The first-order valence-corrected chi connectivity index (χ1v) is 10.6. The Kier molecular flexibility index (Phi) is 9.14. The second kappa shape index (κ2) is 12.0. The number of hydrogen-bond donors (Lipinski definition) is 2. The van der Waals surface area contributed by atoms with Crippen LogP contribution in [0.1, 0.15) is 25.0 Å². The molecular weight excluding hydrogens is 434 g/mol. The van der Waals surface area contributed by atoms with Crippen LogP contribution in [0.5, 0.6) is 5.75 Å². The van der Waals surface area contributed by atoms with E-state index in [1.807, 2.05) is 6.07 Å². The molecule has 0 atom stereocenters. The maximum absolute atomic E-state index is 11.5. The number of nitrogens with two attached hydrogens (primary N) is 1. The van der Waals surface area contributed by atoms with Crippen molar-refractivity contribution in [2.45, 2.75) is 18.9 Å². The number of amides is 1. The zero-order valence-corrected chi connectivity index (χ0v) is 18.3. The van der Waals surface area contributed by atoms with Crippen LogP contribution < -0.4 is 15.8 Å². The molecule has 0 saturated carbocycles. The van der Waals surface area contributed by atoms with E-state index in [1.165, 1.54) is 23.9 Å². The summed E-state index contributed by atoms with van der Waals surface area (Å²) in [4.78, 5) is 27.0. The molecule has 1 aromatic carbocycles. The number of aromatic nitrogens is 1. The van der Waals surface area contributed by atoms with Gasteiger partial charge in [0.1, 0.15) is 34.3 Å². The van der Waals surface area contributed by atoms with E-state index >= 15 is 0 Å². The van der Waals surface area contributed by atoms with E-state index in [-0.39, 0.29) is 42.5 Å². The summed E-state index contributed by atoms with van der Waals surface area (Å²) in [6.07, 6.45) is -1.37. The Bertz CT molecular complexity index is 1060. The largest absolute Gasteiger partial charge is 0.513 e. The van der Waals surface area contributed by atoms with Crippen LogP contribution in [0.15, 0.2) is 29.3 Å². The van der Waals surface area contributed by atoms with E-state index in [9.17, 15) is 20.1 Å². The SMILES string of the molecule is CCOC(=O)NCCSc1nc(N)c(C#N)c(-c2ccc(OC(=O)OCC)cc2)c1C#N. The lowest BCUT2D eigenvalue weighted by molar-refractivity contribution is 0.104. The highest BCUT2D eigenvalue weighted by molar-refractivity contribution is 7.99. The number of carbonyl (C=O) groups excluding carboxylic acids is 2. The molecule has 0 unspecified atom stereocenters. The maximum atomic E-state index is 11.5. The van der Waals surface area contributed by atoms with Gasteiger partial charge in [0, 0.05) is 17.9 Å². The lowest BCUT2D eigenvalue weighted by Gasteiger charge is -2.13. The first-order chi connectivity index (χ1) is 15.4. The molecule has 0 aliphatic rings. The second-order valence-electron chi connectivity index (χ2n) is 5.96. The lowest BCUT2D eigenvalue weighted by Crippen LogP contribution is -2.26. The predicted octanol–water partition coefficient (Wildman–Crippen LogP) is 3.45. The molecule has 32 heavy (non-hydrogen) atoms. The summed E-state index contributed by atoms with van der Waals surface area (Å²) in [5.41, 5.74) is 7.07. The Morgan fingerprint density at radius 2 is 1.75 bits per heavy atom. The number of benzene rings is 1. The monoisotopic (exact) mass is 455 g/mol. The van der Waals surface area contributed by atoms with Crippen LogP contribution in [-0.4, -0.2) is 42.7 Å². The van der Waals surface area contributed by atoms with Gasteiger partial charge in [-0.1, -0.05) is 12.1 Å². The van der Waals surface area contributed by atoms with E-state index in [1.54, 1.807) is 26.0 Å². The molecule has 1 heterocycles. The summed E-state index contributed by atoms with van der Waals surface area (Å²) in [7, 11) is 0. The number of anilines is 1. The molecule has 0 aliphatic carbocycles. The molecule has 0 saturated heterocycles. The van der Waals surface area contributed by atoms with E-state index in [0.717, 1.165) is 0 Å². The molecule has 0 radical (unpaired) electrons. The fraction of sp³-hybridized carbons (Fsp3) is 0.286. The molecule has 11 heteroatoms. The minimum atomic E-state index is -0.834. The first kappa shape index (κ1) is 24.3. The van der Waals surface area contributed by atoms with Crippen LogP contribution in [0.3, 0.4) is 0 Å². The van der Waals surface area contributed by atoms with Gasteiger partial charge in [-0.3, -0.25) is 0 Å². The topological polar surface area (TPSA) is 160 Å². The van der Waals surface area contributed by atoms with Crippen LogP contribution in [-0.2, 0) is 9.47 Å². The number of ether oxygens (including phenoxy) is 3. The number of alkyl carbamates (subject to hydrolysis) is 1. The van der Waals surface area contributed by atoms with Crippen LogP contribution >= 0.6 is 11.8 Å². The highest BCUT2D eigenvalue weighted by atomic mass is 32.2. The number of nitrogens with zero attached hydrogens (tertiary/aromatic N) is 3. The third-order valence-corrected chi connectivity index (χ3v) is 4.88. The number of rotatable bonds is 8. The average Bonchev–Trinajstić information content (AvgIpc) is 2.77. The third kappa shape index (κ3) is 6.27. The van der Waals surface area contributed by atoms with Crippen molar-refractivity contribution in [1.29, 1.82) is 10.5 Å². The van der Waals surface area contributed by atoms with Crippen molar-refractivity contribution in [1.82, 2.24) is 10.3 Å². The molecule has 166 valence electrons. The minimum Gasteiger partial charge on any atom is -0.450 e. The summed E-state index contributed by atoms with van der Waals surface area (Å²) in [6, 6.07) is 10.3. The second-order valence-corrected chi connectivity index (χ2v) is 7.04. The normalized spacial score (nSPS) is 9.88. The zero-order chi connectivity index (χ0) is 23.5. The van der Waals surface area contributed by atoms with Gasteiger partial charge >= 0.3 is 12.2 Å². The summed E-state index contributed by atoms with van der Waals surface area (Å²) in [6.45, 7) is 4.09. The van der Waals surface area contributed by atoms with Gasteiger partial charge in [0.15, 0.2) is 0 Å². The van der Waals surface area contributed by atoms with Crippen molar-refractivity contribution in [3.05, 3.63) is 35.4 Å². The van der Waals surface area contributed by atoms with Crippen molar-refractivity contribution >= 4 is 29.8 Å². The molecule has 2 rings (SSSR count). The first-order valence-electron chi connectivity index (χ1n) is 9.57. The van der Waals surface area contributed by atoms with Crippen molar-refractivity contribution in [3.8, 4) is 29.0 Å². The Morgan fingerprint density at radius 3 is 2.34 bits per heavy atom. The molecule has 3 N–H and O–H groups in total. The summed E-state index contributed by atoms with van der Waals surface area (Å²) < 4.78 is 14.6. The minimum absolute atomic E-state index is 0.0193. The van der Waals surface area contributed by atoms with Crippen LogP contribution in [0.25, 0.3) is 11.1 Å². The van der Waals surface area contributed by atoms with Gasteiger partial charge in [-0.05, 0) is 31.5 Å². The smallest absolute Gasteiger partial charge is 0.450 e. The number of nitrogen functional groups attached to an aromatic ring is 1. The summed E-state index contributed by atoms with van der Waals surface area (Å²) in [5.74, 6) is 0.623. The Hall–Kier alpha value is -3.96. The van der Waals surface area contributed by atoms with E-state index in [2.05, 4.69) is 16.4 Å². The lowest BCUT2D eigenvalue weighted by atomic mass is 9.97. The molecule has 2 aromatic rings. The standard InChI is InChI=1S/C21H21N5O5S/c1-3-29-20(27)25-9-10-32-19-16(12-23)17(15(11-22)18(24)26-19)13-5-7-14(8-6-13)31-21(28)30-4-2/h5-8H,3-4,9-10H2,1-2H3,(H2,24,26)(H,25,27). The summed E-state index contributed by atoms with van der Waals surface area (Å²) in [5, 5.41) is 22.3. The Labute approximate surface area is 189 Å². The predicted molar refractivity (Wildman–Crippen MR) is 117 cm³/mol. The summed E-state index contributed by atoms with van der Waals surface area (Å²) >= 11 is 1.21. The fourth-order valence-electron chi connectivity index (χ4n) is 2.61. The maximum Gasteiger partial charge on any atom is 0.513 e. The fourth-order valence-corrected chi connectivity index (χ4v) is 3.46. The highest BCUT2D eigenvalue weighted by Crippen LogP contribution is 2.36. The molecule has 1 amide bonds. The molecule has 0 aliphatic heterocycles. The average molecular weight is 455 g/mol. The Balaban J connectivity index is 2.31. The number of carbonyl (C=O) groups is 2. The highest BCUT2D eigenvalue weighted by Gasteiger charge is 2.20. The number of hydrogen-bond acceptors (Lipinski definition) is 10. The van der Waals surface area contributed by atoms with Crippen molar-refractivity contribution in [2.24, 2.45) is 0 Å². The third-order valence-electron chi connectivity index (χ3n) is 3.91. The molecule has 0 spiro atoms. The Morgan fingerprint density at radius 1 is 1.09 bits per heavy atom. The number of pyridine rings is 1.